The smallest absolute Gasteiger partial charge is 0.243 e. The summed E-state index contributed by atoms with van der Waals surface area (Å²) in [7, 11) is -3.67. The largest absolute Gasteiger partial charge is 0.399 e. The highest BCUT2D eigenvalue weighted by atomic mass is 32.2. The Bertz CT molecular complexity index is 895. The zero-order chi connectivity index (χ0) is 15.0. The first-order valence-corrected chi connectivity index (χ1v) is 7.72. The molecule has 0 amide bonds. The van der Waals surface area contributed by atoms with Crippen LogP contribution in [0.3, 0.4) is 0 Å². The fourth-order valence-electron chi connectivity index (χ4n) is 2.08. The topological polar surface area (TPSA) is 114 Å². The van der Waals surface area contributed by atoms with Gasteiger partial charge in [-0.3, -0.25) is 0 Å². The molecular weight excluding hydrogens is 292 g/mol. The molecule has 0 saturated heterocycles. The van der Waals surface area contributed by atoms with Crippen LogP contribution < -0.4 is 10.5 Å². The van der Waals surface area contributed by atoms with Crippen molar-refractivity contribution in [3.05, 3.63) is 41.9 Å². The van der Waals surface area contributed by atoms with E-state index in [-0.39, 0.29) is 11.4 Å². The number of nitrogen functional groups attached to an aromatic ring is 1. The van der Waals surface area contributed by atoms with Gasteiger partial charge in [0.2, 0.25) is 10.0 Å². The second-order valence-corrected chi connectivity index (χ2v) is 6.45. The lowest BCUT2D eigenvalue weighted by Gasteiger charge is -2.04. The third-order valence-electron chi connectivity index (χ3n) is 3.07. The molecule has 0 aliphatic carbocycles. The monoisotopic (exact) mass is 306 g/mol. The second-order valence-electron chi connectivity index (χ2n) is 4.72. The molecule has 0 aliphatic rings. The van der Waals surface area contributed by atoms with Crippen LogP contribution in [0.5, 0.6) is 0 Å². The molecule has 2 aromatic heterocycles. The van der Waals surface area contributed by atoms with Crippen LogP contribution in [0.1, 0.15) is 11.5 Å². The summed E-state index contributed by atoms with van der Waals surface area (Å²) in [4.78, 5) is 3.07. The lowest BCUT2D eigenvalue weighted by molar-refractivity contribution is 0.377. The Balaban J connectivity index is 1.91. The van der Waals surface area contributed by atoms with Gasteiger partial charge in [0.15, 0.2) is 5.76 Å². The van der Waals surface area contributed by atoms with Gasteiger partial charge in [-0.15, -0.1) is 0 Å². The van der Waals surface area contributed by atoms with Crippen molar-refractivity contribution >= 4 is 26.6 Å². The van der Waals surface area contributed by atoms with Crippen molar-refractivity contribution in [2.75, 3.05) is 5.73 Å². The van der Waals surface area contributed by atoms with Crippen LogP contribution >= 0.6 is 0 Å². The number of rotatable bonds is 4. The average Bonchev–Trinajstić information content (AvgIpc) is 3.02. The van der Waals surface area contributed by atoms with Gasteiger partial charge in [-0.25, -0.2) is 13.1 Å². The lowest BCUT2D eigenvalue weighted by atomic mass is 10.2. The standard InChI is InChI=1S/C13H14N4O3S/c1-8-4-10(20-17-8)6-16-21(18,19)13-7-15-12-3-2-9(14)5-11(12)13/h2-5,7,15-16H,6,14H2,1H3. The molecule has 0 radical (unpaired) electrons. The normalized spacial score (nSPS) is 12.0. The molecule has 2 heterocycles. The molecule has 3 rings (SSSR count). The number of hydrogen-bond donors (Lipinski definition) is 3. The predicted octanol–water partition coefficient (Wildman–Crippen LogP) is 1.53. The summed E-state index contributed by atoms with van der Waals surface area (Å²) in [5.74, 6) is 0.454. The van der Waals surface area contributed by atoms with E-state index in [1.165, 1.54) is 6.20 Å². The Morgan fingerprint density at radius 3 is 2.90 bits per heavy atom. The number of H-pyrrole nitrogens is 1. The van der Waals surface area contributed by atoms with Crippen LogP contribution in [-0.4, -0.2) is 18.6 Å². The van der Waals surface area contributed by atoms with Crippen LogP contribution in [-0.2, 0) is 16.6 Å². The first kappa shape index (κ1) is 13.7. The van der Waals surface area contributed by atoms with Crippen molar-refractivity contribution in [3.8, 4) is 0 Å². The molecule has 0 aliphatic heterocycles. The fourth-order valence-corrected chi connectivity index (χ4v) is 3.24. The van der Waals surface area contributed by atoms with Gasteiger partial charge in [0.05, 0.1) is 12.2 Å². The minimum absolute atomic E-state index is 0.0398. The Labute approximate surface area is 121 Å². The molecule has 0 spiro atoms. The van der Waals surface area contributed by atoms with E-state index in [0.29, 0.717) is 28.0 Å². The van der Waals surface area contributed by atoms with E-state index in [1.807, 2.05) is 0 Å². The maximum absolute atomic E-state index is 12.4. The van der Waals surface area contributed by atoms with E-state index in [2.05, 4.69) is 14.9 Å². The predicted molar refractivity (Wildman–Crippen MR) is 78.0 cm³/mol. The first-order chi connectivity index (χ1) is 9.95. The van der Waals surface area contributed by atoms with Gasteiger partial charge in [0.25, 0.3) is 0 Å². The number of nitrogens with two attached hydrogens (primary N) is 1. The highest BCUT2D eigenvalue weighted by Gasteiger charge is 2.19. The highest BCUT2D eigenvalue weighted by Crippen LogP contribution is 2.24. The highest BCUT2D eigenvalue weighted by molar-refractivity contribution is 7.89. The molecule has 1 aromatic carbocycles. The second kappa shape index (κ2) is 4.90. The number of nitrogens with zero attached hydrogens (tertiary/aromatic N) is 1. The minimum atomic E-state index is -3.67. The molecule has 110 valence electrons. The fraction of sp³-hybridized carbons (Fsp3) is 0.154. The number of aromatic nitrogens is 2. The van der Waals surface area contributed by atoms with Crippen LogP contribution in [0, 0.1) is 6.92 Å². The summed E-state index contributed by atoms with van der Waals surface area (Å²) >= 11 is 0. The molecular formula is C13H14N4O3S. The van der Waals surface area contributed by atoms with Crippen LogP contribution in [0.15, 0.2) is 39.9 Å². The van der Waals surface area contributed by atoms with Crippen molar-refractivity contribution in [2.45, 2.75) is 18.4 Å². The van der Waals surface area contributed by atoms with Gasteiger partial charge in [-0.05, 0) is 25.1 Å². The molecule has 0 fully saturated rings. The van der Waals surface area contributed by atoms with E-state index in [1.54, 1.807) is 31.2 Å². The van der Waals surface area contributed by atoms with Gasteiger partial charge in [-0.1, -0.05) is 5.16 Å². The zero-order valence-corrected chi connectivity index (χ0v) is 12.1. The number of benzene rings is 1. The Morgan fingerprint density at radius 1 is 1.38 bits per heavy atom. The Kier molecular flexibility index (Phi) is 3.19. The molecule has 4 N–H and O–H groups in total. The number of nitrogens with one attached hydrogen (secondary N) is 2. The van der Waals surface area contributed by atoms with E-state index in [9.17, 15) is 8.42 Å². The molecule has 3 aromatic rings. The van der Waals surface area contributed by atoms with E-state index >= 15 is 0 Å². The summed E-state index contributed by atoms with van der Waals surface area (Å²) in [6.07, 6.45) is 1.44. The maximum atomic E-state index is 12.4. The average molecular weight is 306 g/mol. The van der Waals surface area contributed by atoms with E-state index < -0.39 is 10.0 Å². The molecule has 21 heavy (non-hydrogen) atoms. The SMILES string of the molecule is Cc1cc(CNS(=O)(=O)c2c[nH]c3ccc(N)cc23)on1. The third kappa shape index (κ3) is 2.63. The zero-order valence-electron chi connectivity index (χ0n) is 11.3. The van der Waals surface area contributed by atoms with Crippen LogP contribution in [0.4, 0.5) is 5.69 Å². The molecule has 0 saturated carbocycles. The number of fused-ring (bicyclic) bond motifs is 1. The maximum Gasteiger partial charge on any atom is 0.243 e. The van der Waals surface area contributed by atoms with Gasteiger partial charge in [0.1, 0.15) is 4.90 Å². The van der Waals surface area contributed by atoms with Gasteiger partial charge < -0.3 is 15.2 Å². The molecule has 0 unspecified atom stereocenters. The number of anilines is 1. The number of hydrogen-bond acceptors (Lipinski definition) is 5. The molecule has 7 nitrogen and oxygen atoms in total. The van der Waals surface area contributed by atoms with Gasteiger partial charge in [-0.2, -0.15) is 0 Å². The number of aryl methyl sites for hydroxylation is 1. The van der Waals surface area contributed by atoms with Crippen LogP contribution in [0.2, 0.25) is 0 Å². The Hall–Kier alpha value is -2.32. The summed E-state index contributed by atoms with van der Waals surface area (Å²) in [5.41, 5.74) is 7.62. The Morgan fingerprint density at radius 2 is 2.19 bits per heavy atom. The quantitative estimate of drug-likeness (QED) is 0.632. The molecule has 0 atom stereocenters. The van der Waals surface area contributed by atoms with E-state index in [4.69, 9.17) is 10.3 Å². The van der Waals surface area contributed by atoms with Crippen molar-refractivity contribution in [1.82, 2.24) is 14.9 Å². The number of aromatic amines is 1. The van der Waals surface area contributed by atoms with E-state index in [0.717, 1.165) is 0 Å². The third-order valence-corrected chi connectivity index (χ3v) is 4.51. The lowest BCUT2D eigenvalue weighted by Crippen LogP contribution is -2.22. The van der Waals surface area contributed by atoms with Crippen molar-refractivity contribution in [2.24, 2.45) is 0 Å². The van der Waals surface area contributed by atoms with Crippen molar-refractivity contribution in [1.29, 1.82) is 0 Å². The minimum Gasteiger partial charge on any atom is -0.399 e. The van der Waals surface area contributed by atoms with Gasteiger partial charge >= 0.3 is 0 Å². The van der Waals surface area contributed by atoms with Gasteiger partial charge in [0, 0.05) is 28.9 Å². The summed E-state index contributed by atoms with van der Waals surface area (Å²) in [6.45, 7) is 1.81. The van der Waals surface area contributed by atoms with Crippen LogP contribution in [0.25, 0.3) is 10.9 Å². The summed E-state index contributed by atoms with van der Waals surface area (Å²) < 4.78 is 32.2. The first-order valence-electron chi connectivity index (χ1n) is 6.24. The molecule has 0 bridgehead atoms. The molecule has 8 heteroatoms. The summed E-state index contributed by atoms with van der Waals surface area (Å²) in [6, 6.07) is 6.75. The van der Waals surface area contributed by atoms with Crippen molar-refractivity contribution < 1.29 is 12.9 Å². The summed E-state index contributed by atoms with van der Waals surface area (Å²) in [5, 5.41) is 4.26. The van der Waals surface area contributed by atoms with Crippen molar-refractivity contribution in [3.63, 3.8) is 0 Å². The number of sulfonamides is 1.